The quantitative estimate of drug-likeness (QED) is 0.0264. The van der Waals surface area contributed by atoms with E-state index in [4.69, 9.17) is 14.2 Å². The molecule has 0 aliphatic rings. The van der Waals surface area contributed by atoms with Crippen molar-refractivity contribution in [1.82, 2.24) is 0 Å². The van der Waals surface area contributed by atoms with Crippen LogP contribution in [-0.4, -0.2) is 37.2 Å². The Bertz CT molecular complexity index is 1170. The lowest BCUT2D eigenvalue weighted by Gasteiger charge is -2.18. The number of hydrogen-bond donors (Lipinski definition) is 0. The summed E-state index contributed by atoms with van der Waals surface area (Å²) in [7, 11) is 0. The van der Waals surface area contributed by atoms with E-state index in [2.05, 4.69) is 106 Å². The van der Waals surface area contributed by atoms with Crippen LogP contribution in [0.5, 0.6) is 0 Å². The number of unbranched alkanes of at least 4 members (excludes halogenated alkanes) is 17. The highest BCUT2D eigenvalue weighted by Gasteiger charge is 2.19. The summed E-state index contributed by atoms with van der Waals surface area (Å²) in [5.74, 6) is -1.01. The molecule has 0 aromatic rings. The zero-order chi connectivity index (χ0) is 43.0. The van der Waals surface area contributed by atoms with Crippen molar-refractivity contribution >= 4 is 17.9 Å². The van der Waals surface area contributed by atoms with Gasteiger partial charge in [0.05, 0.1) is 0 Å². The van der Waals surface area contributed by atoms with E-state index < -0.39 is 6.10 Å². The van der Waals surface area contributed by atoms with Crippen LogP contribution in [0.1, 0.15) is 213 Å². The van der Waals surface area contributed by atoms with Crippen LogP contribution in [0.4, 0.5) is 0 Å². The predicted octanol–water partition coefficient (Wildman–Crippen LogP) is 15.6. The number of carbonyl (C=O) groups is 3. The third-order valence-electron chi connectivity index (χ3n) is 9.90. The van der Waals surface area contributed by atoms with Crippen LogP contribution >= 0.6 is 0 Å². The molecule has 336 valence electrons. The molecule has 0 saturated heterocycles. The lowest BCUT2D eigenvalue weighted by Crippen LogP contribution is -2.30. The van der Waals surface area contributed by atoms with Gasteiger partial charge in [0.25, 0.3) is 0 Å². The van der Waals surface area contributed by atoms with E-state index in [1.165, 1.54) is 77.0 Å². The minimum atomic E-state index is -0.809. The number of carbonyl (C=O) groups excluding carboxylic acids is 3. The van der Waals surface area contributed by atoms with Crippen LogP contribution in [0.3, 0.4) is 0 Å². The molecule has 0 aliphatic carbocycles. The Morgan fingerprint density at radius 2 is 0.678 bits per heavy atom. The van der Waals surface area contributed by atoms with Crippen molar-refractivity contribution in [1.29, 1.82) is 0 Å². The van der Waals surface area contributed by atoms with Crippen LogP contribution in [0, 0.1) is 0 Å². The molecule has 0 bridgehead atoms. The van der Waals surface area contributed by atoms with Gasteiger partial charge in [-0.2, -0.15) is 0 Å². The van der Waals surface area contributed by atoms with Crippen LogP contribution < -0.4 is 0 Å². The Hall–Kier alpha value is -3.41. The van der Waals surface area contributed by atoms with Crippen molar-refractivity contribution in [2.75, 3.05) is 13.2 Å². The second kappa shape index (κ2) is 47.3. The number of allylic oxidation sites excluding steroid dienone is 14. The molecule has 0 radical (unpaired) electrons. The average Bonchev–Trinajstić information content (AvgIpc) is 3.23. The summed E-state index contributed by atoms with van der Waals surface area (Å²) >= 11 is 0. The molecule has 0 heterocycles. The molecular formula is C53H88O6. The minimum absolute atomic E-state index is 0.111. The molecule has 1 atom stereocenters. The van der Waals surface area contributed by atoms with Crippen LogP contribution in [0.25, 0.3) is 0 Å². The molecule has 0 saturated carbocycles. The van der Waals surface area contributed by atoms with Crippen molar-refractivity contribution in [3.8, 4) is 0 Å². The lowest BCUT2D eigenvalue weighted by atomic mass is 10.0. The minimum Gasteiger partial charge on any atom is -0.462 e. The number of esters is 3. The molecular weight excluding hydrogens is 733 g/mol. The number of rotatable bonds is 42. The normalized spacial score (nSPS) is 12.8. The molecule has 6 nitrogen and oxygen atoms in total. The fourth-order valence-electron chi connectivity index (χ4n) is 6.34. The van der Waals surface area contributed by atoms with Crippen LogP contribution in [0.15, 0.2) is 85.1 Å². The first kappa shape index (κ1) is 55.6. The van der Waals surface area contributed by atoms with E-state index in [1.807, 2.05) is 0 Å². The Labute approximate surface area is 363 Å². The SMILES string of the molecule is CC/C=C\C/C=C\C/C=C\C/C=C\C/C=C\CCCC(=O)OCC(COC(=O)CCCC/C=C\C/C=C\CC)OC(=O)CCCCCCCCCCCCCCCCC. The van der Waals surface area contributed by atoms with Crippen LogP contribution in [-0.2, 0) is 28.6 Å². The van der Waals surface area contributed by atoms with E-state index in [0.29, 0.717) is 19.3 Å². The summed E-state index contributed by atoms with van der Waals surface area (Å²) in [4.78, 5) is 37.8. The second-order valence-electron chi connectivity index (χ2n) is 15.6. The predicted molar refractivity (Wildman–Crippen MR) is 251 cm³/mol. The topological polar surface area (TPSA) is 78.9 Å². The summed E-state index contributed by atoms with van der Waals surface area (Å²) in [6, 6.07) is 0. The highest BCUT2D eigenvalue weighted by molar-refractivity contribution is 5.71. The third-order valence-corrected chi connectivity index (χ3v) is 9.90. The van der Waals surface area contributed by atoms with Gasteiger partial charge in [0.1, 0.15) is 13.2 Å². The molecule has 1 unspecified atom stereocenters. The van der Waals surface area contributed by atoms with E-state index in [0.717, 1.165) is 89.9 Å². The molecule has 0 amide bonds. The van der Waals surface area contributed by atoms with Gasteiger partial charge in [-0.25, -0.2) is 0 Å². The molecule has 0 rings (SSSR count). The molecule has 0 spiro atoms. The zero-order valence-electron chi connectivity index (χ0n) is 38.2. The first-order chi connectivity index (χ1) is 29.0. The van der Waals surface area contributed by atoms with Gasteiger partial charge in [-0.3, -0.25) is 14.4 Å². The van der Waals surface area contributed by atoms with Crippen molar-refractivity contribution in [2.24, 2.45) is 0 Å². The fourth-order valence-corrected chi connectivity index (χ4v) is 6.34. The van der Waals surface area contributed by atoms with Gasteiger partial charge in [0.2, 0.25) is 0 Å². The Balaban J connectivity index is 4.45. The zero-order valence-corrected chi connectivity index (χ0v) is 38.2. The molecule has 0 aromatic heterocycles. The summed E-state index contributed by atoms with van der Waals surface area (Å²) in [5.41, 5.74) is 0. The fraction of sp³-hybridized carbons (Fsp3) is 0.679. The van der Waals surface area contributed by atoms with Gasteiger partial charge < -0.3 is 14.2 Å². The summed E-state index contributed by atoms with van der Waals surface area (Å²) < 4.78 is 16.6. The standard InChI is InChI=1S/C53H88O6/c1-4-7-10-13-16-19-21-23-25-26-28-29-31-34-37-40-43-46-52(55)58-49-50(48-57-51(54)45-42-39-36-33-18-15-12-9-6-3)59-53(56)47-44-41-38-35-32-30-27-24-22-20-17-14-11-8-5-2/h7,9-10,12,16,18-19,23,25,28-29,33-34,37,50H,4-6,8,11,13-15,17,20-22,24,26-27,30-32,35-36,38-49H2,1-3H3/b10-7-,12-9-,19-16-,25-23-,29-28-,33-18-,37-34-. The molecule has 6 heteroatoms. The molecule has 0 aromatic carbocycles. The van der Waals surface area contributed by atoms with E-state index >= 15 is 0 Å². The van der Waals surface area contributed by atoms with Gasteiger partial charge in [-0.1, -0.05) is 196 Å². The highest BCUT2D eigenvalue weighted by atomic mass is 16.6. The van der Waals surface area contributed by atoms with Crippen LogP contribution in [0.2, 0.25) is 0 Å². The maximum Gasteiger partial charge on any atom is 0.306 e. The van der Waals surface area contributed by atoms with Crippen molar-refractivity contribution in [3.63, 3.8) is 0 Å². The summed E-state index contributed by atoms with van der Waals surface area (Å²) in [6.07, 6.45) is 60.1. The second-order valence-corrected chi connectivity index (χ2v) is 15.6. The third kappa shape index (κ3) is 45.5. The highest BCUT2D eigenvalue weighted by Crippen LogP contribution is 2.14. The molecule has 0 fully saturated rings. The van der Waals surface area contributed by atoms with Gasteiger partial charge in [-0.05, 0) is 83.5 Å². The molecule has 59 heavy (non-hydrogen) atoms. The Morgan fingerprint density at radius 3 is 1.10 bits per heavy atom. The Kier molecular flexibility index (Phi) is 44.5. The lowest BCUT2D eigenvalue weighted by molar-refractivity contribution is -0.167. The van der Waals surface area contributed by atoms with E-state index in [-0.39, 0.29) is 37.5 Å². The number of ether oxygens (including phenoxy) is 3. The average molecular weight is 821 g/mol. The van der Waals surface area contributed by atoms with Gasteiger partial charge in [0, 0.05) is 19.3 Å². The van der Waals surface area contributed by atoms with Crippen molar-refractivity contribution in [2.45, 2.75) is 219 Å². The van der Waals surface area contributed by atoms with Gasteiger partial charge in [0.15, 0.2) is 6.10 Å². The largest absolute Gasteiger partial charge is 0.462 e. The number of hydrogen-bond acceptors (Lipinski definition) is 6. The Morgan fingerprint density at radius 1 is 0.356 bits per heavy atom. The first-order valence-electron chi connectivity index (χ1n) is 24.1. The van der Waals surface area contributed by atoms with E-state index in [9.17, 15) is 14.4 Å². The van der Waals surface area contributed by atoms with E-state index in [1.54, 1.807) is 0 Å². The first-order valence-corrected chi connectivity index (χ1v) is 24.1. The summed E-state index contributed by atoms with van der Waals surface area (Å²) in [5, 5.41) is 0. The monoisotopic (exact) mass is 821 g/mol. The van der Waals surface area contributed by atoms with Crippen molar-refractivity contribution < 1.29 is 28.6 Å². The summed E-state index contributed by atoms with van der Waals surface area (Å²) in [6.45, 7) is 6.31. The van der Waals surface area contributed by atoms with Gasteiger partial charge >= 0.3 is 17.9 Å². The maximum atomic E-state index is 12.7. The van der Waals surface area contributed by atoms with Gasteiger partial charge in [-0.15, -0.1) is 0 Å². The smallest absolute Gasteiger partial charge is 0.306 e. The van der Waals surface area contributed by atoms with Crippen molar-refractivity contribution in [3.05, 3.63) is 85.1 Å². The maximum absolute atomic E-state index is 12.7. The molecule has 0 aliphatic heterocycles. The molecule has 0 N–H and O–H groups in total.